The number of halogens is 1. The number of anilines is 1. The average Bonchev–Trinajstić information content (AvgIpc) is 3.45. The molecule has 2 aliphatic rings. The van der Waals surface area contributed by atoms with Crippen molar-refractivity contribution in [2.24, 2.45) is 5.92 Å². The Hall–Kier alpha value is -3.51. The minimum atomic E-state index is -3.89. The minimum Gasteiger partial charge on any atom is -0.488 e. The van der Waals surface area contributed by atoms with E-state index < -0.39 is 16.1 Å². The summed E-state index contributed by atoms with van der Waals surface area (Å²) in [6, 6.07) is 16.3. The van der Waals surface area contributed by atoms with E-state index in [-0.39, 0.29) is 42.6 Å². The molecule has 0 radical (unpaired) electrons. The molecule has 2 N–H and O–H groups in total. The molecule has 0 unspecified atom stereocenters. The summed E-state index contributed by atoms with van der Waals surface area (Å²) in [5.41, 5.74) is 1.91. The number of carbonyl (C=O) groups is 1. The van der Waals surface area contributed by atoms with E-state index in [0.29, 0.717) is 41.7 Å². The summed E-state index contributed by atoms with van der Waals surface area (Å²) in [5.74, 6) is 1.71. The molecule has 43 heavy (non-hydrogen) atoms. The Labute approximate surface area is 257 Å². The van der Waals surface area contributed by atoms with Crippen LogP contribution in [0.1, 0.15) is 25.0 Å². The molecule has 12 heteroatoms. The van der Waals surface area contributed by atoms with Crippen LogP contribution in [0.2, 0.25) is 5.02 Å². The largest absolute Gasteiger partial charge is 0.488 e. The van der Waals surface area contributed by atoms with Crippen molar-refractivity contribution in [3.63, 3.8) is 0 Å². The molecule has 0 aromatic heterocycles. The Balaban J connectivity index is 1.40. The van der Waals surface area contributed by atoms with E-state index in [0.717, 1.165) is 17.1 Å². The highest BCUT2D eigenvalue weighted by Crippen LogP contribution is 2.33. The second-order valence-electron chi connectivity index (χ2n) is 11.2. The van der Waals surface area contributed by atoms with E-state index in [1.165, 1.54) is 24.3 Å². The molecule has 5 rings (SSSR count). The highest BCUT2D eigenvalue weighted by atomic mass is 35.5. The number of nitrogens with zero attached hydrogens (tertiary/aromatic N) is 2. The molecular formula is C31H36ClN3O7S. The van der Waals surface area contributed by atoms with Crippen molar-refractivity contribution in [1.82, 2.24) is 9.80 Å². The van der Waals surface area contributed by atoms with Crippen LogP contribution in [-0.4, -0.2) is 74.9 Å². The zero-order chi connectivity index (χ0) is 30.7. The first-order valence-electron chi connectivity index (χ1n) is 14.1. The smallest absolute Gasteiger partial charge is 0.261 e. The van der Waals surface area contributed by atoms with Gasteiger partial charge in [-0.2, -0.15) is 0 Å². The maximum Gasteiger partial charge on any atom is 0.261 e. The van der Waals surface area contributed by atoms with Gasteiger partial charge < -0.3 is 24.2 Å². The van der Waals surface area contributed by atoms with E-state index in [2.05, 4.69) is 9.62 Å². The highest BCUT2D eigenvalue weighted by molar-refractivity contribution is 7.92. The number of likely N-dealkylation sites (N-methyl/N-ethyl adjacent to an activating group) is 1. The van der Waals surface area contributed by atoms with Crippen LogP contribution in [0.25, 0.3) is 0 Å². The van der Waals surface area contributed by atoms with Gasteiger partial charge in [-0.15, -0.1) is 0 Å². The van der Waals surface area contributed by atoms with Gasteiger partial charge in [-0.1, -0.05) is 24.6 Å². The molecule has 230 valence electrons. The zero-order valence-corrected chi connectivity index (χ0v) is 25.9. The van der Waals surface area contributed by atoms with Crippen LogP contribution in [0.4, 0.5) is 5.69 Å². The van der Waals surface area contributed by atoms with Gasteiger partial charge in [0.05, 0.1) is 24.0 Å². The maximum atomic E-state index is 13.5. The van der Waals surface area contributed by atoms with Crippen molar-refractivity contribution in [1.29, 1.82) is 0 Å². The molecule has 10 nitrogen and oxygen atoms in total. The molecule has 0 saturated heterocycles. The van der Waals surface area contributed by atoms with Gasteiger partial charge in [0.15, 0.2) is 11.5 Å². The molecule has 1 amide bonds. The van der Waals surface area contributed by atoms with Gasteiger partial charge in [0, 0.05) is 41.8 Å². The number of ether oxygens (including phenoxy) is 3. The lowest BCUT2D eigenvalue weighted by atomic mass is 10.0. The summed E-state index contributed by atoms with van der Waals surface area (Å²) < 4.78 is 46.2. The summed E-state index contributed by atoms with van der Waals surface area (Å²) in [6.45, 7) is 5.46. The van der Waals surface area contributed by atoms with Crippen molar-refractivity contribution >= 4 is 33.2 Å². The standard InChI is InChI=1S/C31H36ClN3O7S/c1-20-15-35(21(2)18-36)31(37)14-23-13-25(33-43(38,39)26-8-5-24(32)6-9-26)7-11-27(23)42-30(20)17-34(3)16-22-4-10-28-29(12-22)41-19-40-28/h4-13,20-21,30,33,36H,14-19H2,1-3H3/t20-,21+,30+/m1/s1. The molecule has 0 saturated carbocycles. The number of amides is 1. The molecule has 0 aliphatic carbocycles. The normalized spacial score (nSPS) is 19.2. The Morgan fingerprint density at radius 1 is 1.07 bits per heavy atom. The SMILES string of the molecule is C[C@@H]1CN([C@@H](C)CO)C(=O)Cc2cc(NS(=O)(=O)c3ccc(Cl)cc3)ccc2O[C@H]1CN(C)Cc1ccc2c(c1)OCO2. The molecular weight excluding hydrogens is 594 g/mol. The second kappa shape index (κ2) is 13.0. The summed E-state index contributed by atoms with van der Waals surface area (Å²) >= 11 is 5.92. The molecule has 3 aromatic rings. The topological polar surface area (TPSA) is 118 Å². The number of fused-ring (bicyclic) bond motifs is 2. The molecule has 0 bridgehead atoms. The van der Waals surface area contributed by atoms with Gasteiger partial charge in [0.1, 0.15) is 11.9 Å². The number of nitrogens with one attached hydrogen (secondary N) is 1. The van der Waals surface area contributed by atoms with Crippen molar-refractivity contribution in [3.05, 3.63) is 76.8 Å². The Morgan fingerprint density at radius 3 is 2.53 bits per heavy atom. The van der Waals surface area contributed by atoms with Gasteiger partial charge in [-0.3, -0.25) is 14.4 Å². The fraction of sp³-hybridized carbons (Fsp3) is 0.387. The van der Waals surface area contributed by atoms with Crippen LogP contribution < -0.4 is 18.9 Å². The molecule has 2 aliphatic heterocycles. The quantitative estimate of drug-likeness (QED) is 0.363. The zero-order valence-electron chi connectivity index (χ0n) is 24.3. The molecule has 0 fully saturated rings. The van der Waals surface area contributed by atoms with Crippen molar-refractivity contribution in [3.8, 4) is 17.2 Å². The first-order chi connectivity index (χ1) is 20.5. The molecule has 2 heterocycles. The molecule has 3 aromatic carbocycles. The van der Waals surface area contributed by atoms with Crippen LogP contribution >= 0.6 is 11.6 Å². The van der Waals surface area contributed by atoms with Gasteiger partial charge in [0.2, 0.25) is 12.7 Å². The third-order valence-corrected chi connectivity index (χ3v) is 9.32. The fourth-order valence-corrected chi connectivity index (χ4v) is 6.44. The van der Waals surface area contributed by atoms with E-state index in [1.54, 1.807) is 23.1 Å². The number of rotatable bonds is 9. The molecule has 3 atom stereocenters. The van der Waals surface area contributed by atoms with E-state index >= 15 is 0 Å². The lowest BCUT2D eigenvalue weighted by Gasteiger charge is -2.34. The lowest BCUT2D eigenvalue weighted by Crippen LogP contribution is -2.47. The summed E-state index contributed by atoms with van der Waals surface area (Å²) in [7, 11) is -1.89. The number of carbonyl (C=O) groups excluding carboxylic acids is 1. The second-order valence-corrected chi connectivity index (χ2v) is 13.3. The van der Waals surface area contributed by atoms with Crippen LogP contribution in [0.15, 0.2) is 65.6 Å². The number of hydrogen-bond donors (Lipinski definition) is 2. The number of sulfonamides is 1. The Bertz CT molecular complexity index is 1570. The highest BCUT2D eigenvalue weighted by Gasteiger charge is 2.31. The summed E-state index contributed by atoms with van der Waals surface area (Å²) in [6.07, 6.45) is -0.323. The number of aliphatic hydroxyl groups excluding tert-OH is 1. The Morgan fingerprint density at radius 2 is 1.79 bits per heavy atom. The van der Waals surface area contributed by atoms with Crippen LogP contribution in [0, 0.1) is 5.92 Å². The predicted octanol–water partition coefficient (Wildman–Crippen LogP) is 4.15. The maximum absolute atomic E-state index is 13.5. The number of hydrogen-bond acceptors (Lipinski definition) is 8. The van der Waals surface area contributed by atoms with Crippen molar-refractivity contribution in [2.45, 2.75) is 43.9 Å². The Kier molecular flexibility index (Phi) is 9.36. The van der Waals surface area contributed by atoms with E-state index in [4.69, 9.17) is 25.8 Å². The van der Waals surface area contributed by atoms with Crippen molar-refractivity contribution in [2.75, 3.05) is 38.3 Å². The van der Waals surface area contributed by atoms with E-state index in [1.807, 2.05) is 39.1 Å². The number of benzene rings is 3. The van der Waals surface area contributed by atoms with Gasteiger partial charge in [-0.05, 0) is 74.1 Å². The predicted molar refractivity (Wildman–Crippen MR) is 163 cm³/mol. The van der Waals surface area contributed by atoms with Gasteiger partial charge in [-0.25, -0.2) is 8.42 Å². The first-order valence-corrected chi connectivity index (χ1v) is 15.9. The monoisotopic (exact) mass is 629 g/mol. The third kappa shape index (κ3) is 7.35. The van der Waals surface area contributed by atoms with Crippen LogP contribution in [-0.2, 0) is 27.8 Å². The van der Waals surface area contributed by atoms with Crippen LogP contribution in [0.3, 0.4) is 0 Å². The molecule has 0 spiro atoms. The lowest BCUT2D eigenvalue weighted by molar-refractivity contribution is -0.134. The average molecular weight is 630 g/mol. The fourth-order valence-electron chi connectivity index (χ4n) is 5.26. The summed E-state index contributed by atoms with van der Waals surface area (Å²) in [4.78, 5) is 17.4. The van der Waals surface area contributed by atoms with Gasteiger partial charge in [0.25, 0.3) is 10.0 Å². The summed E-state index contributed by atoms with van der Waals surface area (Å²) in [5, 5.41) is 10.3. The van der Waals surface area contributed by atoms with Crippen LogP contribution in [0.5, 0.6) is 17.2 Å². The number of aliphatic hydroxyl groups is 1. The van der Waals surface area contributed by atoms with Crippen molar-refractivity contribution < 1.29 is 32.5 Å². The third-order valence-electron chi connectivity index (χ3n) is 7.67. The van der Waals surface area contributed by atoms with E-state index in [9.17, 15) is 18.3 Å². The minimum absolute atomic E-state index is 0.0112. The van der Waals surface area contributed by atoms with Gasteiger partial charge >= 0.3 is 0 Å². The first kappa shape index (κ1) is 30.9.